The summed E-state index contributed by atoms with van der Waals surface area (Å²) in [6, 6.07) is 2.48. The summed E-state index contributed by atoms with van der Waals surface area (Å²) in [4.78, 5) is 25.7. The van der Waals surface area contributed by atoms with E-state index < -0.39 is 5.69 Å². The Morgan fingerprint density at radius 3 is 2.69 bits per heavy atom. The number of hydrogen-bond donors (Lipinski definition) is 5. The summed E-state index contributed by atoms with van der Waals surface area (Å²) in [5.74, 6) is 0.479. The maximum absolute atomic E-state index is 11.4. The lowest BCUT2D eigenvalue weighted by molar-refractivity contribution is 0.126. The molecule has 3 heterocycles. The van der Waals surface area contributed by atoms with Crippen LogP contribution in [0.25, 0.3) is 11.7 Å². The molecule has 0 saturated heterocycles. The summed E-state index contributed by atoms with van der Waals surface area (Å²) in [7, 11) is 0. The number of anilines is 1. The van der Waals surface area contributed by atoms with E-state index in [0.29, 0.717) is 22.7 Å². The van der Waals surface area contributed by atoms with Crippen LogP contribution < -0.4 is 21.7 Å². The Morgan fingerprint density at radius 1 is 1.21 bits per heavy atom. The second kappa shape index (κ2) is 7.03. The molecule has 2 fully saturated rings. The van der Waals surface area contributed by atoms with Crippen molar-refractivity contribution in [1.29, 1.82) is 0 Å². The van der Waals surface area contributed by atoms with Crippen molar-refractivity contribution in [2.45, 2.75) is 56.7 Å². The summed E-state index contributed by atoms with van der Waals surface area (Å²) < 4.78 is 1.68. The molecule has 0 atom stereocenters. The molecule has 2 aliphatic carbocycles. The number of rotatable bonds is 4. The molecular formula is C19H23N7O3. The van der Waals surface area contributed by atoms with E-state index in [1.807, 2.05) is 6.07 Å². The van der Waals surface area contributed by atoms with E-state index in [-0.39, 0.29) is 23.7 Å². The third kappa shape index (κ3) is 3.75. The maximum atomic E-state index is 11.4. The molecule has 2 saturated carbocycles. The molecule has 3 aromatic rings. The Kier molecular flexibility index (Phi) is 4.35. The molecule has 152 valence electrons. The molecule has 10 heteroatoms. The summed E-state index contributed by atoms with van der Waals surface area (Å²) in [5.41, 5.74) is 1.10. The van der Waals surface area contributed by atoms with Crippen LogP contribution >= 0.6 is 0 Å². The highest BCUT2D eigenvalue weighted by molar-refractivity contribution is 5.58. The first-order valence-electron chi connectivity index (χ1n) is 9.95. The zero-order valence-electron chi connectivity index (χ0n) is 15.8. The summed E-state index contributed by atoms with van der Waals surface area (Å²) >= 11 is 0. The lowest BCUT2D eigenvalue weighted by Gasteiger charge is -2.26. The molecular weight excluding hydrogens is 374 g/mol. The Morgan fingerprint density at radius 2 is 2.00 bits per heavy atom. The topological polar surface area (TPSA) is 144 Å². The SMILES string of the molecule is O=c1[nH]c(O)c(C=c2cnn3c(=NC4CC4)cc(NC4CCC(O)CC4)nc23)[nH]1. The highest BCUT2D eigenvalue weighted by atomic mass is 16.3. The molecule has 0 bridgehead atoms. The van der Waals surface area contributed by atoms with Crippen LogP contribution in [-0.2, 0) is 0 Å². The first kappa shape index (κ1) is 17.9. The van der Waals surface area contributed by atoms with Crippen molar-refractivity contribution in [3.8, 4) is 5.88 Å². The van der Waals surface area contributed by atoms with Crippen molar-refractivity contribution in [3.63, 3.8) is 0 Å². The molecule has 0 spiro atoms. The van der Waals surface area contributed by atoms with Crippen LogP contribution in [0.4, 0.5) is 5.82 Å². The molecule has 10 nitrogen and oxygen atoms in total. The molecule has 0 unspecified atom stereocenters. The van der Waals surface area contributed by atoms with E-state index >= 15 is 0 Å². The molecule has 5 rings (SSSR count). The minimum Gasteiger partial charge on any atom is -0.493 e. The van der Waals surface area contributed by atoms with Gasteiger partial charge in [-0.3, -0.25) is 9.98 Å². The zero-order chi connectivity index (χ0) is 20.0. The number of aromatic amines is 2. The van der Waals surface area contributed by atoms with E-state index in [4.69, 9.17) is 9.98 Å². The van der Waals surface area contributed by atoms with Crippen LogP contribution in [0.5, 0.6) is 5.88 Å². The van der Waals surface area contributed by atoms with Gasteiger partial charge in [0.15, 0.2) is 11.1 Å². The highest BCUT2D eigenvalue weighted by Crippen LogP contribution is 2.23. The monoisotopic (exact) mass is 397 g/mol. The number of nitrogens with zero attached hydrogens (tertiary/aromatic N) is 4. The standard InChI is InChI=1S/C19H23N7O3/c27-13-5-3-11(4-6-13)21-15-8-16(22-12-1-2-12)26-17(24-15)10(9-20-26)7-14-18(28)25-19(29)23-14/h7-9,11-13,21,27-28H,1-6H2,(H2,23,25,29). The Labute approximate surface area is 165 Å². The van der Waals surface area contributed by atoms with Crippen LogP contribution in [0.15, 0.2) is 22.1 Å². The van der Waals surface area contributed by atoms with Crippen LogP contribution in [0, 0.1) is 0 Å². The third-order valence-electron chi connectivity index (χ3n) is 5.43. The third-order valence-corrected chi connectivity index (χ3v) is 5.43. The number of fused-ring (bicyclic) bond motifs is 1. The van der Waals surface area contributed by atoms with Gasteiger partial charge in [0.25, 0.3) is 0 Å². The van der Waals surface area contributed by atoms with Crippen LogP contribution in [0.3, 0.4) is 0 Å². The van der Waals surface area contributed by atoms with Crippen LogP contribution in [-0.4, -0.2) is 53.0 Å². The quantitative estimate of drug-likeness (QED) is 0.412. The van der Waals surface area contributed by atoms with Gasteiger partial charge in [-0.25, -0.2) is 9.78 Å². The van der Waals surface area contributed by atoms with Gasteiger partial charge in [-0.2, -0.15) is 9.61 Å². The van der Waals surface area contributed by atoms with Crippen molar-refractivity contribution in [3.05, 3.63) is 39.1 Å². The van der Waals surface area contributed by atoms with Crippen molar-refractivity contribution in [1.82, 2.24) is 24.6 Å². The normalized spacial score (nSPS) is 23.8. The number of aliphatic hydroxyl groups is 1. The summed E-state index contributed by atoms with van der Waals surface area (Å²) in [5, 5.41) is 28.1. The van der Waals surface area contributed by atoms with Gasteiger partial charge in [-0.05, 0) is 44.6 Å². The number of imidazole rings is 1. The molecule has 0 aliphatic heterocycles. The summed E-state index contributed by atoms with van der Waals surface area (Å²) in [6.45, 7) is 0. The molecule has 0 aromatic carbocycles. The second-order valence-electron chi connectivity index (χ2n) is 7.83. The number of H-pyrrole nitrogens is 2. The number of aromatic nitrogens is 5. The van der Waals surface area contributed by atoms with Crippen molar-refractivity contribution in [2.75, 3.05) is 5.32 Å². The van der Waals surface area contributed by atoms with Gasteiger partial charge < -0.3 is 20.5 Å². The lowest BCUT2D eigenvalue weighted by Crippen LogP contribution is -2.30. The average molecular weight is 397 g/mol. The lowest BCUT2D eigenvalue weighted by atomic mass is 9.93. The fourth-order valence-corrected chi connectivity index (χ4v) is 3.70. The largest absolute Gasteiger partial charge is 0.493 e. The predicted octanol–water partition coefficient (Wildman–Crippen LogP) is -0.222. The predicted molar refractivity (Wildman–Crippen MR) is 105 cm³/mol. The average Bonchev–Trinajstić information content (AvgIpc) is 3.33. The van der Waals surface area contributed by atoms with Gasteiger partial charge in [-0.1, -0.05) is 0 Å². The van der Waals surface area contributed by atoms with E-state index in [9.17, 15) is 15.0 Å². The van der Waals surface area contributed by atoms with Crippen molar-refractivity contribution in [2.24, 2.45) is 4.99 Å². The van der Waals surface area contributed by atoms with Gasteiger partial charge >= 0.3 is 5.69 Å². The first-order chi connectivity index (χ1) is 14.0. The van der Waals surface area contributed by atoms with E-state index in [1.54, 1.807) is 16.8 Å². The van der Waals surface area contributed by atoms with Gasteiger partial charge in [0.1, 0.15) is 11.5 Å². The van der Waals surface area contributed by atoms with E-state index in [1.165, 1.54) is 0 Å². The Balaban J connectivity index is 1.59. The maximum Gasteiger partial charge on any atom is 0.326 e. The molecule has 2 aliphatic rings. The summed E-state index contributed by atoms with van der Waals surface area (Å²) in [6.07, 6.45) is 8.55. The first-order valence-corrected chi connectivity index (χ1v) is 9.95. The Bertz CT molecular complexity index is 1210. The highest BCUT2D eigenvalue weighted by Gasteiger charge is 2.22. The van der Waals surface area contributed by atoms with Gasteiger partial charge in [-0.15, -0.1) is 0 Å². The van der Waals surface area contributed by atoms with Gasteiger partial charge in [0, 0.05) is 17.3 Å². The minimum absolute atomic E-state index is 0.212. The zero-order valence-corrected chi connectivity index (χ0v) is 15.8. The van der Waals surface area contributed by atoms with Gasteiger partial charge in [0.05, 0.1) is 18.3 Å². The number of hydrogen-bond acceptors (Lipinski definition) is 7. The number of aliphatic hydroxyl groups excluding tert-OH is 1. The van der Waals surface area contributed by atoms with Crippen LogP contribution in [0.2, 0.25) is 0 Å². The Hall–Kier alpha value is -3.14. The van der Waals surface area contributed by atoms with Gasteiger partial charge in [0.2, 0.25) is 5.88 Å². The fraction of sp³-hybridized carbons (Fsp3) is 0.474. The molecule has 29 heavy (non-hydrogen) atoms. The molecule has 0 radical (unpaired) electrons. The molecule has 0 amide bonds. The van der Waals surface area contributed by atoms with Crippen molar-refractivity contribution >= 4 is 17.5 Å². The van der Waals surface area contributed by atoms with E-state index in [2.05, 4.69) is 20.4 Å². The molecule has 3 aromatic heterocycles. The fourth-order valence-electron chi connectivity index (χ4n) is 3.70. The number of aromatic hydroxyl groups is 1. The smallest absolute Gasteiger partial charge is 0.326 e. The van der Waals surface area contributed by atoms with Crippen molar-refractivity contribution < 1.29 is 10.2 Å². The minimum atomic E-state index is -0.482. The van der Waals surface area contributed by atoms with E-state index in [0.717, 1.165) is 44.0 Å². The second-order valence-corrected chi connectivity index (χ2v) is 7.83. The molecule has 5 N–H and O–H groups in total. The number of nitrogens with one attached hydrogen (secondary N) is 3. The van der Waals surface area contributed by atoms with Crippen LogP contribution in [0.1, 0.15) is 44.2 Å².